The van der Waals surface area contributed by atoms with Crippen LogP contribution >= 0.6 is 0 Å². The van der Waals surface area contributed by atoms with Gasteiger partial charge in [0.2, 0.25) is 5.91 Å². The quantitative estimate of drug-likeness (QED) is 0.451. The van der Waals surface area contributed by atoms with Gasteiger partial charge in [-0.2, -0.15) is 0 Å². The van der Waals surface area contributed by atoms with Gasteiger partial charge in [-0.1, -0.05) is 26.7 Å². The lowest BCUT2D eigenvalue weighted by atomic mass is 10.0. The number of carboxylic acid groups (broad SMARTS) is 1. The summed E-state index contributed by atoms with van der Waals surface area (Å²) in [5, 5.41) is 21.3. The Labute approximate surface area is 132 Å². The first kappa shape index (κ1) is 20.6. The Morgan fingerprint density at radius 3 is 2.23 bits per heavy atom. The van der Waals surface area contributed by atoms with Crippen molar-refractivity contribution in [1.82, 2.24) is 5.32 Å². The van der Waals surface area contributed by atoms with E-state index in [1.165, 1.54) is 0 Å². The minimum atomic E-state index is -1.13. The van der Waals surface area contributed by atoms with Gasteiger partial charge in [0, 0.05) is 25.7 Å². The fourth-order valence-corrected chi connectivity index (χ4v) is 2.10. The van der Waals surface area contributed by atoms with Gasteiger partial charge in [0.05, 0.1) is 6.10 Å². The van der Waals surface area contributed by atoms with E-state index in [2.05, 4.69) is 5.32 Å². The van der Waals surface area contributed by atoms with Crippen molar-refractivity contribution in [2.45, 2.75) is 83.8 Å². The molecule has 1 amide bonds. The summed E-state index contributed by atoms with van der Waals surface area (Å²) in [5.74, 6) is -1.31. The number of unbranched alkanes of at least 4 members (excludes halogenated alkanes) is 2. The highest BCUT2D eigenvalue weighted by molar-refractivity contribution is 5.83. The summed E-state index contributed by atoms with van der Waals surface area (Å²) >= 11 is 0. The van der Waals surface area contributed by atoms with E-state index in [0.717, 1.165) is 12.8 Å². The average molecular weight is 315 g/mol. The Morgan fingerprint density at radius 1 is 1.05 bits per heavy atom. The summed E-state index contributed by atoms with van der Waals surface area (Å²) in [4.78, 5) is 34.0. The molecule has 0 saturated carbocycles. The van der Waals surface area contributed by atoms with Crippen LogP contribution in [0.5, 0.6) is 0 Å². The number of Topliss-reactive ketones (excluding diaryl/α,β-unsaturated/α-hetero) is 1. The Bertz CT molecular complexity index is 356. The van der Waals surface area contributed by atoms with Crippen LogP contribution in [0.25, 0.3) is 0 Å². The minimum absolute atomic E-state index is 0.0232. The van der Waals surface area contributed by atoms with E-state index in [4.69, 9.17) is 5.11 Å². The molecule has 0 aliphatic rings. The molecule has 6 nitrogen and oxygen atoms in total. The van der Waals surface area contributed by atoms with Crippen molar-refractivity contribution >= 4 is 17.7 Å². The van der Waals surface area contributed by atoms with Crippen molar-refractivity contribution in [3.8, 4) is 0 Å². The molecule has 0 aliphatic carbocycles. The maximum atomic E-state index is 11.7. The second kappa shape index (κ2) is 12.1. The molecule has 0 spiro atoms. The number of rotatable bonds is 13. The van der Waals surface area contributed by atoms with Crippen LogP contribution in [-0.2, 0) is 14.4 Å². The maximum absolute atomic E-state index is 11.7. The van der Waals surface area contributed by atoms with Crippen molar-refractivity contribution in [2.75, 3.05) is 0 Å². The molecule has 0 aromatic carbocycles. The summed E-state index contributed by atoms with van der Waals surface area (Å²) in [6, 6.07) is -1.06. The SMILES string of the molecule is CCCC[C@@H](O)C[C@H](NC(=O)CCCCC(=O)CC)C(=O)O. The predicted octanol–water partition coefficient (Wildman–Crippen LogP) is 2.04. The van der Waals surface area contributed by atoms with E-state index < -0.39 is 18.1 Å². The van der Waals surface area contributed by atoms with E-state index in [0.29, 0.717) is 32.1 Å². The van der Waals surface area contributed by atoms with Crippen LogP contribution in [-0.4, -0.2) is 40.0 Å². The van der Waals surface area contributed by atoms with E-state index in [1.54, 1.807) is 6.92 Å². The normalized spacial score (nSPS) is 13.4. The number of aliphatic carboxylic acids is 1. The number of aliphatic hydroxyl groups excluding tert-OH is 1. The van der Waals surface area contributed by atoms with Crippen LogP contribution in [0.15, 0.2) is 0 Å². The van der Waals surface area contributed by atoms with E-state index >= 15 is 0 Å². The summed E-state index contributed by atoms with van der Waals surface area (Å²) in [7, 11) is 0. The molecule has 0 aromatic rings. The van der Waals surface area contributed by atoms with E-state index in [-0.39, 0.29) is 24.5 Å². The number of hydrogen-bond acceptors (Lipinski definition) is 4. The molecular weight excluding hydrogens is 286 g/mol. The fourth-order valence-electron chi connectivity index (χ4n) is 2.10. The second-order valence-corrected chi connectivity index (χ2v) is 5.59. The van der Waals surface area contributed by atoms with Crippen LogP contribution in [0.4, 0.5) is 0 Å². The number of hydrogen-bond donors (Lipinski definition) is 3. The van der Waals surface area contributed by atoms with Gasteiger partial charge >= 0.3 is 5.97 Å². The molecule has 0 bridgehead atoms. The summed E-state index contributed by atoms with van der Waals surface area (Å²) in [6.07, 6.45) is 3.95. The average Bonchev–Trinajstić information content (AvgIpc) is 2.48. The zero-order valence-corrected chi connectivity index (χ0v) is 13.6. The van der Waals surface area contributed by atoms with Gasteiger partial charge in [0.25, 0.3) is 0 Å². The Kier molecular flexibility index (Phi) is 11.4. The van der Waals surface area contributed by atoms with Gasteiger partial charge in [0.1, 0.15) is 11.8 Å². The van der Waals surface area contributed by atoms with Crippen molar-refractivity contribution in [3.63, 3.8) is 0 Å². The monoisotopic (exact) mass is 315 g/mol. The maximum Gasteiger partial charge on any atom is 0.326 e. The van der Waals surface area contributed by atoms with Crippen LogP contribution in [0, 0.1) is 0 Å². The number of carbonyl (C=O) groups excluding carboxylic acids is 2. The first-order valence-electron chi connectivity index (χ1n) is 8.12. The van der Waals surface area contributed by atoms with Crippen LogP contribution in [0.2, 0.25) is 0 Å². The molecule has 0 unspecified atom stereocenters. The zero-order chi connectivity index (χ0) is 17.0. The highest BCUT2D eigenvalue weighted by Crippen LogP contribution is 2.08. The molecule has 0 rings (SSSR count). The molecule has 2 atom stereocenters. The molecule has 3 N–H and O–H groups in total. The summed E-state index contributed by atoms with van der Waals surface area (Å²) < 4.78 is 0. The summed E-state index contributed by atoms with van der Waals surface area (Å²) in [6.45, 7) is 3.79. The highest BCUT2D eigenvalue weighted by Gasteiger charge is 2.22. The molecule has 128 valence electrons. The molecule has 0 fully saturated rings. The van der Waals surface area contributed by atoms with Gasteiger partial charge in [-0.05, 0) is 19.3 Å². The van der Waals surface area contributed by atoms with Crippen LogP contribution < -0.4 is 5.32 Å². The highest BCUT2D eigenvalue weighted by atomic mass is 16.4. The number of ketones is 1. The largest absolute Gasteiger partial charge is 0.480 e. The van der Waals surface area contributed by atoms with Crippen LogP contribution in [0.3, 0.4) is 0 Å². The zero-order valence-electron chi connectivity index (χ0n) is 13.6. The predicted molar refractivity (Wildman–Crippen MR) is 83.5 cm³/mol. The van der Waals surface area contributed by atoms with Gasteiger partial charge in [-0.3, -0.25) is 9.59 Å². The third kappa shape index (κ3) is 10.3. The van der Waals surface area contributed by atoms with Crippen molar-refractivity contribution < 1.29 is 24.6 Å². The van der Waals surface area contributed by atoms with E-state index in [1.807, 2.05) is 6.92 Å². The topological polar surface area (TPSA) is 104 Å². The molecule has 0 radical (unpaired) electrons. The number of nitrogens with one attached hydrogen (secondary N) is 1. The third-order valence-corrected chi connectivity index (χ3v) is 3.54. The smallest absolute Gasteiger partial charge is 0.326 e. The molecular formula is C16H29NO5. The Morgan fingerprint density at radius 2 is 1.68 bits per heavy atom. The number of amides is 1. The molecule has 6 heteroatoms. The molecule has 22 heavy (non-hydrogen) atoms. The lowest BCUT2D eigenvalue weighted by Crippen LogP contribution is -2.42. The first-order chi connectivity index (χ1) is 10.4. The van der Waals surface area contributed by atoms with Crippen molar-refractivity contribution in [2.24, 2.45) is 0 Å². The second-order valence-electron chi connectivity index (χ2n) is 5.59. The van der Waals surface area contributed by atoms with Crippen molar-refractivity contribution in [1.29, 1.82) is 0 Å². The molecule has 0 aromatic heterocycles. The number of carbonyl (C=O) groups is 3. The first-order valence-corrected chi connectivity index (χ1v) is 8.12. The molecule has 0 saturated heterocycles. The lowest BCUT2D eigenvalue weighted by Gasteiger charge is -2.18. The van der Waals surface area contributed by atoms with Gasteiger partial charge in [0.15, 0.2) is 0 Å². The van der Waals surface area contributed by atoms with E-state index in [9.17, 15) is 19.5 Å². The third-order valence-electron chi connectivity index (χ3n) is 3.54. The van der Waals surface area contributed by atoms with Crippen molar-refractivity contribution in [3.05, 3.63) is 0 Å². The standard InChI is InChI=1S/C16H29NO5/c1-3-5-8-13(19)11-14(16(21)22)17-15(20)10-7-6-9-12(18)4-2/h13-14,19H,3-11H2,1-2H3,(H,17,20)(H,21,22)/t13-,14+/m1/s1. The minimum Gasteiger partial charge on any atom is -0.480 e. The summed E-state index contributed by atoms with van der Waals surface area (Å²) in [5.41, 5.74) is 0. The Balaban J connectivity index is 4.08. The number of carboxylic acids is 1. The van der Waals surface area contributed by atoms with Crippen LogP contribution in [0.1, 0.15) is 71.6 Å². The molecule has 0 aliphatic heterocycles. The number of aliphatic hydroxyl groups is 1. The van der Waals surface area contributed by atoms with Gasteiger partial charge in [-0.15, -0.1) is 0 Å². The van der Waals surface area contributed by atoms with Gasteiger partial charge in [-0.25, -0.2) is 4.79 Å². The molecule has 0 heterocycles. The fraction of sp³-hybridized carbons (Fsp3) is 0.812. The Hall–Kier alpha value is -1.43. The lowest BCUT2D eigenvalue weighted by molar-refractivity contribution is -0.142. The van der Waals surface area contributed by atoms with Gasteiger partial charge < -0.3 is 15.5 Å².